The number of nitro groups is 1. The first-order valence-electron chi connectivity index (χ1n) is 6.99. The molecule has 1 amide bonds. The van der Waals surface area contributed by atoms with Gasteiger partial charge in [-0.1, -0.05) is 0 Å². The number of nitrogens with zero attached hydrogens (tertiary/aromatic N) is 5. The van der Waals surface area contributed by atoms with Crippen LogP contribution < -0.4 is 5.32 Å². The summed E-state index contributed by atoms with van der Waals surface area (Å²) in [4.78, 5) is 21.9. The van der Waals surface area contributed by atoms with E-state index in [0.29, 0.717) is 18.8 Å². The van der Waals surface area contributed by atoms with Crippen LogP contribution in [0.15, 0.2) is 24.7 Å². The molecule has 0 aliphatic heterocycles. The van der Waals surface area contributed by atoms with Crippen molar-refractivity contribution in [3.63, 3.8) is 0 Å². The van der Waals surface area contributed by atoms with Gasteiger partial charge in [-0.25, -0.2) is 0 Å². The van der Waals surface area contributed by atoms with Crippen molar-refractivity contribution in [2.24, 2.45) is 0 Å². The molecule has 2 heterocycles. The van der Waals surface area contributed by atoms with Gasteiger partial charge in [0.2, 0.25) is 5.91 Å². The van der Waals surface area contributed by atoms with Crippen LogP contribution >= 0.6 is 0 Å². The molecule has 2 aromatic rings. The smallest absolute Gasteiger partial charge is 0.309 e. The van der Waals surface area contributed by atoms with Crippen LogP contribution in [0.2, 0.25) is 0 Å². The summed E-state index contributed by atoms with van der Waals surface area (Å²) in [6, 6.07) is 1.85. The second-order valence-corrected chi connectivity index (χ2v) is 4.84. The molecule has 0 saturated carbocycles. The van der Waals surface area contributed by atoms with Gasteiger partial charge >= 0.3 is 5.69 Å². The van der Waals surface area contributed by atoms with Gasteiger partial charge in [-0.2, -0.15) is 10.2 Å². The molecule has 2 rings (SSSR count). The Kier molecular flexibility index (Phi) is 5.23. The molecule has 0 spiro atoms. The van der Waals surface area contributed by atoms with Crippen LogP contribution in [0.4, 0.5) is 5.69 Å². The number of carbonyl (C=O) groups excluding carboxylic acids is 1. The number of aromatic nitrogens is 4. The summed E-state index contributed by atoms with van der Waals surface area (Å²) in [5, 5.41) is 21.6. The van der Waals surface area contributed by atoms with Crippen molar-refractivity contribution in [2.45, 2.75) is 32.9 Å². The SMILES string of the molecule is Cc1nn(CCC(=O)NCCCn2cccn2)cc1[N+](=O)[O-]. The second-order valence-electron chi connectivity index (χ2n) is 4.84. The van der Waals surface area contributed by atoms with E-state index in [1.54, 1.807) is 17.8 Å². The molecule has 2 aromatic heterocycles. The predicted octanol–water partition coefficient (Wildman–Crippen LogP) is 0.893. The van der Waals surface area contributed by atoms with Crippen molar-refractivity contribution in [1.82, 2.24) is 24.9 Å². The van der Waals surface area contributed by atoms with E-state index in [4.69, 9.17) is 0 Å². The highest BCUT2D eigenvalue weighted by Gasteiger charge is 2.15. The third kappa shape index (κ3) is 4.40. The lowest BCUT2D eigenvalue weighted by Crippen LogP contribution is -2.26. The molecule has 1 N–H and O–H groups in total. The molecule has 9 nitrogen and oxygen atoms in total. The molecule has 0 bridgehead atoms. The first-order chi connectivity index (χ1) is 10.6. The highest BCUT2D eigenvalue weighted by molar-refractivity contribution is 5.75. The van der Waals surface area contributed by atoms with Gasteiger partial charge in [0.25, 0.3) is 0 Å². The quantitative estimate of drug-likeness (QED) is 0.443. The van der Waals surface area contributed by atoms with Gasteiger partial charge in [0, 0.05) is 38.4 Å². The van der Waals surface area contributed by atoms with Crippen LogP contribution in [-0.4, -0.2) is 36.9 Å². The van der Waals surface area contributed by atoms with Crippen LogP contribution in [0, 0.1) is 17.0 Å². The fourth-order valence-electron chi connectivity index (χ4n) is 2.01. The highest BCUT2D eigenvalue weighted by Crippen LogP contribution is 2.14. The average Bonchev–Trinajstić information content (AvgIpc) is 3.10. The van der Waals surface area contributed by atoms with E-state index >= 15 is 0 Å². The summed E-state index contributed by atoms with van der Waals surface area (Å²) >= 11 is 0. The Balaban J connectivity index is 1.67. The largest absolute Gasteiger partial charge is 0.356 e. The zero-order chi connectivity index (χ0) is 15.9. The minimum absolute atomic E-state index is 0.0281. The summed E-state index contributed by atoms with van der Waals surface area (Å²) in [5.74, 6) is -0.101. The van der Waals surface area contributed by atoms with Crippen molar-refractivity contribution in [3.8, 4) is 0 Å². The van der Waals surface area contributed by atoms with E-state index in [2.05, 4.69) is 15.5 Å². The molecule has 0 aliphatic rings. The molecule has 0 saturated heterocycles. The first kappa shape index (κ1) is 15.7. The minimum atomic E-state index is -0.478. The van der Waals surface area contributed by atoms with E-state index in [0.717, 1.165) is 13.0 Å². The van der Waals surface area contributed by atoms with Gasteiger partial charge in [0.1, 0.15) is 11.9 Å². The van der Waals surface area contributed by atoms with E-state index in [1.165, 1.54) is 10.9 Å². The predicted molar refractivity (Wildman–Crippen MR) is 78.1 cm³/mol. The number of nitrogens with one attached hydrogen (secondary N) is 1. The Bertz CT molecular complexity index is 634. The van der Waals surface area contributed by atoms with Gasteiger partial charge < -0.3 is 5.32 Å². The van der Waals surface area contributed by atoms with Crippen molar-refractivity contribution in [3.05, 3.63) is 40.5 Å². The number of hydrogen-bond acceptors (Lipinski definition) is 5. The van der Waals surface area contributed by atoms with Crippen molar-refractivity contribution < 1.29 is 9.72 Å². The molecular formula is C13H18N6O3. The van der Waals surface area contributed by atoms with Gasteiger partial charge in [-0.15, -0.1) is 0 Å². The number of hydrogen-bond donors (Lipinski definition) is 1. The van der Waals surface area contributed by atoms with E-state index in [9.17, 15) is 14.9 Å². The van der Waals surface area contributed by atoms with Crippen LogP contribution in [-0.2, 0) is 17.9 Å². The molecule has 9 heteroatoms. The maximum atomic E-state index is 11.7. The Morgan fingerprint density at radius 1 is 1.41 bits per heavy atom. The molecule has 0 radical (unpaired) electrons. The average molecular weight is 306 g/mol. The summed E-state index contributed by atoms with van der Waals surface area (Å²) in [6.07, 6.45) is 5.96. The van der Waals surface area contributed by atoms with E-state index in [1.807, 2.05) is 12.3 Å². The molecule has 118 valence electrons. The van der Waals surface area contributed by atoms with Crippen molar-refractivity contribution in [1.29, 1.82) is 0 Å². The molecule has 22 heavy (non-hydrogen) atoms. The molecule has 0 fully saturated rings. The standard InChI is InChI=1S/C13H18N6O3/c1-11-12(19(21)22)10-18(16-11)9-4-13(20)14-5-2-7-17-8-3-6-15-17/h3,6,8,10H,2,4-5,7,9H2,1H3,(H,14,20). The fourth-order valence-corrected chi connectivity index (χ4v) is 2.01. The molecular weight excluding hydrogens is 288 g/mol. The normalized spacial score (nSPS) is 10.6. The Morgan fingerprint density at radius 3 is 2.86 bits per heavy atom. The number of carbonyl (C=O) groups is 1. The van der Waals surface area contributed by atoms with Gasteiger partial charge in [-0.05, 0) is 19.4 Å². The zero-order valence-electron chi connectivity index (χ0n) is 12.3. The summed E-state index contributed by atoms with van der Waals surface area (Å²) < 4.78 is 3.23. The van der Waals surface area contributed by atoms with Crippen molar-refractivity contribution in [2.75, 3.05) is 6.54 Å². The lowest BCUT2D eigenvalue weighted by molar-refractivity contribution is -0.385. The van der Waals surface area contributed by atoms with Crippen LogP contribution in [0.3, 0.4) is 0 Å². The Morgan fingerprint density at radius 2 is 2.23 bits per heavy atom. The van der Waals surface area contributed by atoms with Crippen LogP contribution in [0.25, 0.3) is 0 Å². The molecule has 0 atom stereocenters. The zero-order valence-corrected chi connectivity index (χ0v) is 12.3. The fraction of sp³-hybridized carbons (Fsp3) is 0.462. The molecule has 0 unspecified atom stereocenters. The van der Waals surface area contributed by atoms with Crippen LogP contribution in [0.5, 0.6) is 0 Å². The lowest BCUT2D eigenvalue weighted by Gasteiger charge is -2.05. The summed E-state index contributed by atoms with van der Waals surface area (Å²) in [6.45, 7) is 3.21. The summed E-state index contributed by atoms with van der Waals surface area (Å²) in [5.41, 5.74) is 0.323. The Labute approximate surface area is 127 Å². The lowest BCUT2D eigenvalue weighted by atomic mass is 10.3. The molecule has 0 aliphatic carbocycles. The van der Waals surface area contributed by atoms with E-state index in [-0.39, 0.29) is 18.0 Å². The molecule has 0 aromatic carbocycles. The maximum absolute atomic E-state index is 11.7. The number of rotatable bonds is 8. The summed E-state index contributed by atoms with van der Waals surface area (Å²) in [7, 11) is 0. The highest BCUT2D eigenvalue weighted by atomic mass is 16.6. The van der Waals surface area contributed by atoms with Crippen LogP contribution in [0.1, 0.15) is 18.5 Å². The van der Waals surface area contributed by atoms with Gasteiger partial charge in [0.05, 0.1) is 4.92 Å². The number of aryl methyl sites for hydroxylation is 3. The monoisotopic (exact) mass is 306 g/mol. The van der Waals surface area contributed by atoms with Gasteiger partial charge in [-0.3, -0.25) is 24.3 Å². The maximum Gasteiger partial charge on any atom is 0.309 e. The number of amides is 1. The van der Waals surface area contributed by atoms with E-state index < -0.39 is 4.92 Å². The third-order valence-electron chi connectivity index (χ3n) is 3.13. The Hall–Kier alpha value is -2.71. The van der Waals surface area contributed by atoms with Crippen molar-refractivity contribution >= 4 is 11.6 Å². The van der Waals surface area contributed by atoms with Gasteiger partial charge in [0.15, 0.2) is 0 Å². The first-order valence-corrected chi connectivity index (χ1v) is 6.99. The topological polar surface area (TPSA) is 108 Å². The second kappa shape index (κ2) is 7.34. The third-order valence-corrected chi connectivity index (χ3v) is 3.13. The minimum Gasteiger partial charge on any atom is -0.356 e.